The van der Waals surface area contributed by atoms with E-state index in [1.54, 1.807) is 36.2 Å². The van der Waals surface area contributed by atoms with Crippen LogP contribution in [0.15, 0.2) is 46.3 Å². The molecule has 1 aromatic carbocycles. The van der Waals surface area contributed by atoms with E-state index in [2.05, 4.69) is 15.0 Å². The Balaban J connectivity index is 1.93. The smallest absolute Gasteiger partial charge is 0.263 e. The molecule has 126 valence electrons. The van der Waals surface area contributed by atoms with Gasteiger partial charge < -0.3 is 5.32 Å². The fourth-order valence-corrected chi connectivity index (χ4v) is 4.46. The van der Waals surface area contributed by atoms with Crippen LogP contribution in [0, 0.1) is 6.92 Å². The van der Waals surface area contributed by atoms with Crippen molar-refractivity contribution in [1.82, 2.24) is 4.98 Å². The highest BCUT2D eigenvalue weighted by Crippen LogP contribution is 2.36. The Kier molecular flexibility index (Phi) is 4.51. The number of fused-ring (bicyclic) bond motifs is 1. The van der Waals surface area contributed by atoms with Crippen LogP contribution in [0.3, 0.4) is 0 Å². The van der Waals surface area contributed by atoms with Gasteiger partial charge in [-0.05, 0) is 42.8 Å². The number of carbonyl (C=O) groups is 1. The first-order chi connectivity index (χ1) is 11.3. The molecule has 0 saturated heterocycles. The summed E-state index contributed by atoms with van der Waals surface area (Å²) < 4.78 is 27.6. The lowest BCUT2D eigenvalue weighted by molar-refractivity contribution is -0.116. The molecule has 2 N–H and O–H groups in total. The minimum Gasteiger partial charge on any atom is -0.325 e. The number of hydrogen-bond acceptors (Lipinski definition) is 5. The van der Waals surface area contributed by atoms with Crippen LogP contribution in [0.5, 0.6) is 0 Å². The van der Waals surface area contributed by atoms with Crippen LogP contribution < -0.4 is 10.0 Å². The summed E-state index contributed by atoms with van der Waals surface area (Å²) in [7, 11) is -3.78. The van der Waals surface area contributed by atoms with Crippen LogP contribution in [0.25, 0.3) is 0 Å². The highest BCUT2D eigenvalue weighted by Gasteiger charge is 2.22. The van der Waals surface area contributed by atoms with Gasteiger partial charge in [-0.1, -0.05) is 6.92 Å². The summed E-state index contributed by atoms with van der Waals surface area (Å²) in [4.78, 5) is 16.8. The van der Waals surface area contributed by atoms with Crippen molar-refractivity contribution >= 4 is 39.2 Å². The number of nitrogens with zero attached hydrogens (tertiary/aromatic N) is 1. The Morgan fingerprint density at radius 1 is 1.29 bits per heavy atom. The molecule has 2 aromatic rings. The fourth-order valence-electron chi connectivity index (χ4n) is 2.39. The number of pyridine rings is 1. The maximum absolute atomic E-state index is 12.6. The molecule has 0 bridgehead atoms. The van der Waals surface area contributed by atoms with Crippen molar-refractivity contribution < 1.29 is 13.2 Å². The van der Waals surface area contributed by atoms with Crippen LogP contribution >= 0.6 is 11.8 Å². The maximum atomic E-state index is 12.6. The summed E-state index contributed by atoms with van der Waals surface area (Å²) in [5.41, 5.74) is 1.43. The molecule has 0 radical (unpaired) electrons. The predicted octanol–water partition coefficient (Wildman–Crippen LogP) is 3.01. The molecule has 0 fully saturated rings. The second kappa shape index (κ2) is 6.45. The number of amides is 1. The van der Waals surface area contributed by atoms with Crippen molar-refractivity contribution in [1.29, 1.82) is 0 Å². The molecule has 6 nitrogen and oxygen atoms in total. The van der Waals surface area contributed by atoms with Gasteiger partial charge in [0.2, 0.25) is 5.91 Å². The topological polar surface area (TPSA) is 88.2 Å². The average molecular weight is 363 g/mol. The number of anilines is 2. The van der Waals surface area contributed by atoms with E-state index in [0.29, 0.717) is 12.1 Å². The van der Waals surface area contributed by atoms with Gasteiger partial charge >= 0.3 is 0 Å². The molecule has 1 atom stereocenters. The van der Waals surface area contributed by atoms with E-state index in [1.807, 2.05) is 13.8 Å². The number of carbonyl (C=O) groups excluding carboxylic acids is 1. The van der Waals surface area contributed by atoms with Crippen LogP contribution in [-0.2, 0) is 14.8 Å². The Hall–Kier alpha value is -2.06. The summed E-state index contributed by atoms with van der Waals surface area (Å²) >= 11 is 1.55. The van der Waals surface area contributed by atoms with Crippen LogP contribution in [0.4, 0.5) is 11.5 Å². The van der Waals surface area contributed by atoms with E-state index in [-0.39, 0.29) is 21.9 Å². The standard InChI is InChI=1S/C16H17N3O3S2/c1-10-5-6-17-15(7-10)19-24(21,22)12-3-4-14-13(9-12)18-16(20)8-11(2)23-14/h3-7,9,11H,8H2,1-2H3,(H,17,19)(H,18,20)/t11-/m0/s1. The zero-order chi connectivity index (χ0) is 17.3. The summed E-state index contributed by atoms with van der Waals surface area (Å²) in [5, 5.41) is 2.91. The highest BCUT2D eigenvalue weighted by molar-refractivity contribution is 8.00. The summed E-state index contributed by atoms with van der Waals surface area (Å²) in [6.07, 6.45) is 1.94. The lowest BCUT2D eigenvalue weighted by atomic mass is 10.3. The van der Waals surface area contributed by atoms with Gasteiger partial charge in [-0.15, -0.1) is 11.8 Å². The Morgan fingerprint density at radius 3 is 2.83 bits per heavy atom. The Bertz CT molecular complexity index is 897. The van der Waals surface area contributed by atoms with E-state index >= 15 is 0 Å². The minimum atomic E-state index is -3.78. The minimum absolute atomic E-state index is 0.0833. The first-order valence-corrected chi connectivity index (χ1v) is 9.76. The Morgan fingerprint density at radius 2 is 2.08 bits per heavy atom. The molecule has 8 heteroatoms. The first kappa shape index (κ1) is 16.8. The van der Waals surface area contributed by atoms with E-state index in [1.165, 1.54) is 12.1 Å². The summed E-state index contributed by atoms with van der Waals surface area (Å²) in [6, 6.07) is 8.18. The van der Waals surface area contributed by atoms with E-state index in [9.17, 15) is 13.2 Å². The second-order valence-corrected chi connectivity index (χ2v) is 8.83. The third-order valence-electron chi connectivity index (χ3n) is 3.49. The number of hydrogen-bond donors (Lipinski definition) is 2. The Labute approximate surface area is 145 Å². The van der Waals surface area contributed by atoms with Gasteiger partial charge in [0.15, 0.2) is 0 Å². The molecule has 1 amide bonds. The van der Waals surface area contributed by atoms with Gasteiger partial charge in [0.25, 0.3) is 10.0 Å². The largest absolute Gasteiger partial charge is 0.325 e. The van der Waals surface area contributed by atoms with Crippen molar-refractivity contribution in [2.45, 2.75) is 35.3 Å². The number of thioether (sulfide) groups is 1. The molecule has 0 spiro atoms. The quantitative estimate of drug-likeness (QED) is 0.875. The van der Waals surface area contributed by atoms with Crippen LogP contribution in [0.1, 0.15) is 18.9 Å². The molecule has 0 aliphatic carbocycles. The molecule has 1 aliphatic rings. The van der Waals surface area contributed by atoms with E-state index < -0.39 is 10.0 Å². The van der Waals surface area contributed by atoms with Gasteiger partial charge in [-0.25, -0.2) is 13.4 Å². The lowest BCUT2D eigenvalue weighted by Crippen LogP contribution is -2.15. The van der Waals surface area contributed by atoms with Crippen LogP contribution in [-0.4, -0.2) is 24.6 Å². The van der Waals surface area contributed by atoms with E-state index in [4.69, 9.17) is 0 Å². The second-order valence-electron chi connectivity index (χ2n) is 5.66. The fraction of sp³-hybridized carbons (Fsp3) is 0.250. The molecule has 1 aliphatic heterocycles. The third-order valence-corrected chi connectivity index (χ3v) is 6.02. The molecule has 2 heterocycles. The van der Waals surface area contributed by atoms with E-state index in [0.717, 1.165) is 10.5 Å². The third kappa shape index (κ3) is 3.70. The molecule has 3 rings (SSSR count). The molecule has 0 unspecified atom stereocenters. The van der Waals surface area contributed by atoms with Crippen molar-refractivity contribution in [3.63, 3.8) is 0 Å². The van der Waals surface area contributed by atoms with Gasteiger partial charge in [0.1, 0.15) is 5.82 Å². The molecule has 24 heavy (non-hydrogen) atoms. The normalized spacial score (nSPS) is 17.6. The molecular formula is C16H17N3O3S2. The summed E-state index contributed by atoms with van der Waals surface area (Å²) in [5.74, 6) is 0.147. The number of nitrogens with one attached hydrogen (secondary N) is 2. The van der Waals surface area contributed by atoms with Gasteiger partial charge in [-0.3, -0.25) is 9.52 Å². The monoisotopic (exact) mass is 363 g/mol. The van der Waals surface area contributed by atoms with Gasteiger partial charge in [-0.2, -0.15) is 0 Å². The maximum Gasteiger partial charge on any atom is 0.263 e. The number of sulfonamides is 1. The first-order valence-electron chi connectivity index (χ1n) is 7.39. The average Bonchev–Trinajstić information content (AvgIpc) is 2.62. The lowest BCUT2D eigenvalue weighted by Gasteiger charge is -2.11. The van der Waals surface area contributed by atoms with Gasteiger partial charge in [0, 0.05) is 22.8 Å². The van der Waals surface area contributed by atoms with Crippen molar-refractivity contribution in [2.75, 3.05) is 10.0 Å². The van der Waals surface area contributed by atoms with Gasteiger partial charge in [0.05, 0.1) is 10.6 Å². The number of aryl methyl sites for hydroxylation is 1. The predicted molar refractivity (Wildman–Crippen MR) is 94.8 cm³/mol. The summed E-state index contributed by atoms with van der Waals surface area (Å²) in [6.45, 7) is 3.82. The molecular weight excluding hydrogens is 346 g/mol. The van der Waals surface area contributed by atoms with Crippen molar-refractivity contribution in [2.24, 2.45) is 0 Å². The number of aromatic nitrogens is 1. The molecule has 0 saturated carbocycles. The number of rotatable bonds is 3. The molecule has 1 aromatic heterocycles. The highest BCUT2D eigenvalue weighted by atomic mass is 32.2. The van der Waals surface area contributed by atoms with Crippen molar-refractivity contribution in [3.8, 4) is 0 Å². The van der Waals surface area contributed by atoms with Crippen LogP contribution in [0.2, 0.25) is 0 Å². The zero-order valence-corrected chi connectivity index (χ0v) is 14.9. The number of benzene rings is 1. The zero-order valence-electron chi connectivity index (χ0n) is 13.2. The SMILES string of the molecule is Cc1ccnc(NS(=O)(=O)c2ccc3c(c2)NC(=O)C[C@H](C)S3)c1. The van der Waals surface area contributed by atoms with Crippen molar-refractivity contribution in [3.05, 3.63) is 42.1 Å².